The molecule has 0 bridgehead atoms. The van der Waals surface area contributed by atoms with Crippen LogP contribution in [-0.2, 0) is 16.6 Å². The minimum Gasteiger partial charge on any atom is -0.375 e. The Bertz CT molecular complexity index is 794. The highest BCUT2D eigenvalue weighted by atomic mass is 35.5. The number of aromatic nitrogens is 2. The fourth-order valence-corrected chi connectivity index (χ4v) is 5.38. The molecule has 0 amide bonds. The fourth-order valence-electron chi connectivity index (χ4n) is 5.19. The minimum absolute atomic E-state index is 0.0597. The minimum atomic E-state index is -0.594. The Morgan fingerprint density at radius 1 is 1.11 bits per heavy atom. The summed E-state index contributed by atoms with van der Waals surface area (Å²) >= 11 is 5.86. The van der Waals surface area contributed by atoms with Crippen LogP contribution < -0.4 is 0 Å². The molecule has 1 atom stereocenters. The van der Waals surface area contributed by atoms with E-state index in [-0.39, 0.29) is 16.0 Å². The molecule has 0 aromatic carbocycles. The molecule has 1 saturated heterocycles. The molecule has 1 unspecified atom stereocenters. The molecule has 5 heteroatoms. The standard InChI is InChI=1S/C23H28ClFN2O/c24-19-15-18(16-27-21(19)25)7-1-3-9-22(20-8-2-6-13-26-20)12-14-28-23(17-22)10-4-5-11-23/h2,6,8,13,15-16H,1,3-5,7,9-12,14,17H2. The summed E-state index contributed by atoms with van der Waals surface area (Å²) in [7, 11) is 0. The lowest BCUT2D eigenvalue weighted by molar-refractivity contribution is -0.104. The van der Waals surface area contributed by atoms with Crippen LogP contribution in [0.4, 0.5) is 4.39 Å². The highest BCUT2D eigenvalue weighted by Gasteiger charge is 2.48. The molecule has 0 radical (unpaired) electrons. The molecule has 2 fully saturated rings. The summed E-state index contributed by atoms with van der Waals surface area (Å²) in [6, 6.07) is 7.98. The van der Waals surface area contributed by atoms with Crippen LogP contribution in [0.1, 0.15) is 69.0 Å². The monoisotopic (exact) mass is 402 g/mol. The van der Waals surface area contributed by atoms with E-state index in [2.05, 4.69) is 17.1 Å². The molecule has 0 N–H and O–H groups in total. The first-order valence-corrected chi connectivity index (χ1v) is 10.8. The molecule has 3 nitrogen and oxygen atoms in total. The normalized spacial score (nSPS) is 23.9. The molecule has 2 aromatic rings. The summed E-state index contributed by atoms with van der Waals surface area (Å²) in [6.07, 6.45) is 14.7. The Kier molecular flexibility index (Phi) is 5.98. The summed E-state index contributed by atoms with van der Waals surface area (Å²) < 4.78 is 19.6. The number of aryl methyl sites for hydroxylation is 1. The van der Waals surface area contributed by atoms with Gasteiger partial charge in [0.05, 0.1) is 10.6 Å². The number of halogens is 2. The predicted octanol–water partition coefficient (Wildman–Crippen LogP) is 6.04. The summed E-state index contributed by atoms with van der Waals surface area (Å²) in [5.41, 5.74) is 2.38. The third-order valence-corrected chi connectivity index (χ3v) is 6.86. The van der Waals surface area contributed by atoms with Crippen molar-refractivity contribution in [3.05, 3.63) is 58.9 Å². The smallest absolute Gasteiger partial charge is 0.231 e. The van der Waals surface area contributed by atoms with Crippen molar-refractivity contribution in [2.45, 2.75) is 75.2 Å². The molecule has 2 aliphatic rings. The molecule has 150 valence electrons. The summed E-state index contributed by atoms with van der Waals surface area (Å²) in [5.74, 6) is -0.594. The second kappa shape index (κ2) is 8.46. The van der Waals surface area contributed by atoms with E-state index in [1.54, 1.807) is 12.3 Å². The summed E-state index contributed by atoms with van der Waals surface area (Å²) in [4.78, 5) is 8.49. The van der Waals surface area contributed by atoms with Crippen molar-refractivity contribution in [1.82, 2.24) is 9.97 Å². The van der Waals surface area contributed by atoms with E-state index >= 15 is 0 Å². The highest BCUT2D eigenvalue weighted by molar-refractivity contribution is 6.30. The van der Waals surface area contributed by atoms with Gasteiger partial charge in [0.15, 0.2) is 0 Å². The number of pyridine rings is 2. The number of ether oxygens (including phenoxy) is 1. The third-order valence-electron chi connectivity index (χ3n) is 6.60. The van der Waals surface area contributed by atoms with Gasteiger partial charge in [-0.25, -0.2) is 4.98 Å². The molecule has 4 rings (SSSR count). The molecule has 1 aliphatic carbocycles. The lowest BCUT2D eigenvalue weighted by atomic mass is 9.67. The maximum Gasteiger partial charge on any atom is 0.231 e. The van der Waals surface area contributed by atoms with Crippen LogP contribution in [0.25, 0.3) is 0 Å². The zero-order valence-corrected chi connectivity index (χ0v) is 17.1. The third kappa shape index (κ3) is 4.23. The molecule has 2 aromatic heterocycles. The first-order valence-electron chi connectivity index (χ1n) is 10.5. The SMILES string of the molecule is Fc1ncc(CCCCC2(c3ccccn3)CCOC3(CCCC3)C2)cc1Cl. The van der Waals surface area contributed by atoms with E-state index in [0.29, 0.717) is 0 Å². The Balaban J connectivity index is 1.45. The van der Waals surface area contributed by atoms with Gasteiger partial charge in [0.1, 0.15) is 0 Å². The maximum absolute atomic E-state index is 13.3. The van der Waals surface area contributed by atoms with Crippen LogP contribution in [0.15, 0.2) is 36.7 Å². The van der Waals surface area contributed by atoms with Gasteiger partial charge in [0, 0.05) is 30.1 Å². The van der Waals surface area contributed by atoms with Gasteiger partial charge in [-0.15, -0.1) is 0 Å². The van der Waals surface area contributed by atoms with E-state index in [9.17, 15) is 4.39 Å². The average Bonchev–Trinajstić information content (AvgIpc) is 3.16. The van der Waals surface area contributed by atoms with Crippen molar-refractivity contribution < 1.29 is 9.13 Å². The molecular formula is C23H28ClFN2O. The van der Waals surface area contributed by atoms with Gasteiger partial charge >= 0.3 is 0 Å². The van der Waals surface area contributed by atoms with Gasteiger partial charge in [0.25, 0.3) is 0 Å². The second-order valence-corrected chi connectivity index (χ2v) is 8.89. The van der Waals surface area contributed by atoms with Crippen LogP contribution in [0.3, 0.4) is 0 Å². The van der Waals surface area contributed by atoms with Gasteiger partial charge in [0.2, 0.25) is 5.95 Å². The maximum atomic E-state index is 13.3. The van der Waals surface area contributed by atoms with Gasteiger partial charge in [-0.1, -0.05) is 36.9 Å². The largest absolute Gasteiger partial charge is 0.375 e. The first-order chi connectivity index (χ1) is 13.6. The lowest BCUT2D eigenvalue weighted by Crippen LogP contribution is -2.46. The number of hydrogen-bond donors (Lipinski definition) is 0. The summed E-state index contributed by atoms with van der Waals surface area (Å²) in [5, 5.41) is 0.107. The Morgan fingerprint density at radius 3 is 2.71 bits per heavy atom. The zero-order chi connectivity index (χ0) is 19.5. The van der Waals surface area contributed by atoms with Crippen LogP contribution in [0, 0.1) is 5.95 Å². The number of rotatable bonds is 6. The Labute approximate surface area is 171 Å². The topological polar surface area (TPSA) is 35.0 Å². The van der Waals surface area contributed by atoms with Crippen molar-refractivity contribution in [2.75, 3.05) is 6.61 Å². The average molecular weight is 403 g/mol. The number of hydrogen-bond acceptors (Lipinski definition) is 3. The van der Waals surface area contributed by atoms with Crippen molar-refractivity contribution in [1.29, 1.82) is 0 Å². The van der Waals surface area contributed by atoms with Gasteiger partial charge in [-0.05, 0) is 68.7 Å². The number of unbranched alkanes of at least 4 members (excludes halogenated alkanes) is 1. The highest BCUT2D eigenvalue weighted by Crippen LogP contribution is 2.50. The van der Waals surface area contributed by atoms with Gasteiger partial charge in [-0.2, -0.15) is 4.39 Å². The molecule has 1 saturated carbocycles. The van der Waals surface area contributed by atoms with Gasteiger partial charge < -0.3 is 4.74 Å². The molecule has 1 spiro atoms. The van der Waals surface area contributed by atoms with Crippen molar-refractivity contribution >= 4 is 11.6 Å². The van der Waals surface area contributed by atoms with E-state index < -0.39 is 5.95 Å². The molecule has 3 heterocycles. The van der Waals surface area contributed by atoms with E-state index in [1.165, 1.54) is 31.4 Å². The fraction of sp³-hybridized carbons (Fsp3) is 0.565. The van der Waals surface area contributed by atoms with Crippen molar-refractivity contribution in [2.24, 2.45) is 0 Å². The van der Waals surface area contributed by atoms with E-state index in [0.717, 1.165) is 50.7 Å². The van der Waals surface area contributed by atoms with Gasteiger partial charge in [-0.3, -0.25) is 4.98 Å². The zero-order valence-electron chi connectivity index (χ0n) is 16.3. The Morgan fingerprint density at radius 2 is 1.96 bits per heavy atom. The van der Waals surface area contributed by atoms with Crippen LogP contribution >= 0.6 is 11.6 Å². The van der Waals surface area contributed by atoms with E-state index in [4.69, 9.17) is 21.3 Å². The van der Waals surface area contributed by atoms with Crippen LogP contribution in [0.2, 0.25) is 5.02 Å². The first kappa shape index (κ1) is 19.8. The molecular weight excluding hydrogens is 375 g/mol. The van der Waals surface area contributed by atoms with Crippen LogP contribution in [-0.4, -0.2) is 22.2 Å². The Hall–Kier alpha value is -1.52. The quantitative estimate of drug-likeness (QED) is 0.436. The predicted molar refractivity (Wildman–Crippen MR) is 109 cm³/mol. The lowest BCUT2D eigenvalue weighted by Gasteiger charge is -2.46. The van der Waals surface area contributed by atoms with Crippen LogP contribution in [0.5, 0.6) is 0 Å². The molecule has 28 heavy (non-hydrogen) atoms. The van der Waals surface area contributed by atoms with E-state index in [1.807, 2.05) is 12.3 Å². The molecule has 1 aliphatic heterocycles. The van der Waals surface area contributed by atoms with Crippen molar-refractivity contribution in [3.63, 3.8) is 0 Å². The number of nitrogens with zero attached hydrogens (tertiary/aromatic N) is 2. The second-order valence-electron chi connectivity index (χ2n) is 8.48. The van der Waals surface area contributed by atoms with Crippen molar-refractivity contribution in [3.8, 4) is 0 Å². The summed E-state index contributed by atoms with van der Waals surface area (Å²) in [6.45, 7) is 0.827.